The Morgan fingerprint density at radius 1 is 0.976 bits per heavy atom. The average molecular weight is 571 g/mol. The largest absolute Gasteiger partial charge is 0.494 e. The third kappa shape index (κ3) is 6.38. The molecule has 1 aliphatic heterocycles. The van der Waals surface area contributed by atoms with Crippen LogP contribution in [0.5, 0.6) is 5.75 Å². The third-order valence-electron chi connectivity index (χ3n) is 7.88. The highest BCUT2D eigenvalue weighted by molar-refractivity contribution is 6.02. The number of carbonyl (C=O) groups is 3. The first-order chi connectivity index (χ1) is 20.4. The van der Waals surface area contributed by atoms with E-state index in [1.807, 2.05) is 48.5 Å². The molecule has 0 bridgehead atoms. The number of carboxylic acid groups (broad SMARTS) is 1. The Balaban J connectivity index is 1.59. The van der Waals surface area contributed by atoms with Gasteiger partial charge in [0.05, 0.1) is 36.4 Å². The molecule has 1 aliphatic carbocycles. The van der Waals surface area contributed by atoms with Crippen LogP contribution >= 0.6 is 0 Å². The van der Waals surface area contributed by atoms with Crippen LogP contribution in [0.15, 0.2) is 84.6 Å². The minimum Gasteiger partial charge on any atom is -0.494 e. The lowest BCUT2D eigenvalue weighted by molar-refractivity contribution is -0.138. The van der Waals surface area contributed by atoms with Crippen molar-refractivity contribution < 1.29 is 28.6 Å². The van der Waals surface area contributed by atoms with Crippen molar-refractivity contribution in [2.24, 2.45) is 5.92 Å². The molecule has 7 nitrogen and oxygen atoms in total. The van der Waals surface area contributed by atoms with E-state index in [0.717, 1.165) is 30.4 Å². The first-order valence-corrected chi connectivity index (χ1v) is 14.5. The summed E-state index contributed by atoms with van der Waals surface area (Å²) in [5, 5.41) is 12.8. The molecule has 2 N–H and O–H groups in total. The Morgan fingerprint density at radius 3 is 2.40 bits per heavy atom. The maximum absolute atomic E-state index is 14.1. The molecule has 42 heavy (non-hydrogen) atoms. The molecule has 3 atom stereocenters. The standard InChI is InChI=1S/C34H35FN2O5/c1-2-3-6-19-42-26-15-11-23(12-16-26)34-33-28(20-24(21-30(33)38)22-9-13-25(35)14-10-22)36-27-7-4-5-8-29(27)37(34)31(39)17-18-32(40)41/h4-5,7-16,20,24,33-34,36H,2-3,6,17-19,21H2,1H3,(H,40,41)/t24-,33+,34-/m1/s1. The lowest BCUT2D eigenvalue weighted by Crippen LogP contribution is -2.42. The van der Waals surface area contributed by atoms with E-state index in [1.165, 1.54) is 12.1 Å². The molecule has 3 aromatic carbocycles. The number of rotatable bonds is 10. The highest BCUT2D eigenvalue weighted by Crippen LogP contribution is 2.48. The van der Waals surface area contributed by atoms with Gasteiger partial charge in [-0.3, -0.25) is 14.4 Å². The predicted octanol–water partition coefficient (Wildman–Crippen LogP) is 7.02. The van der Waals surface area contributed by atoms with Crippen LogP contribution in [-0.2, 0) is 14.4 Å². The zero-order valence-corrected chi connectivity index (χ0v) is 23.6. The number of unbranched alkanes of at least 4 members (excludes halogenated alkanes) is 2. The highest BCUT2D eigenvalue weighted by atomic mass is 19.1. The molecule has 0 unspecified atom stereocenters. The van der Waals surface area contributed by atoms with E-state index in [0.29, 0.717) is 29.4 Å². The molecule has 5 rings (SSSR count). The van der Waals surface area contributed by atoms with Gasteiger partial charge in [-0.05, 0) is 53.9 Å². The smallest absolute Gasteiger partial charge is 0.303 e. The number of hydrogen-bond acceptors (Lipinski definition) is 5. The second-order valence-electron chi connectivity index (χ2n) is 10.8. The van der Waals surface area contributed by atoms with Gasteiger partial charge in [-0.15, -0.1) is 0 Å². The highest BCUT2D eigenvalue weighted by Gasteiger charge is 2.45. The summed E-state index contributed by atoms with van der Waals surface area (Å²) in [6, 6.07) is 20.2. The lowest BCUT2D eigenvalue weighted by Gasteiger charge is -2.37. The number of ketones is 1. The second kappa shape index (κ2) is 13.0. The van der Waals surface area contributed by atoms with Crippen LogP contribution in [0.3, 0.4) is 0 Å². The maximum atomic E-state index is 14.1. The van der Waals surface area contributed by atoms with Crippen molar-refractivity contribution in [2.45, 2.75) is 57.4 Å². The zero-order chi connectivity index (χ0) is 29.6. The van der Waals surface area contributed by atoms with Crippen LogP contribution in [-0.4, -0.2) is 29.4 Å². The molecule has 0 fully saturated rings. The van der Waals surface area contributed by atoms with Gasteiger partial charge in [0.2, 0.25) is 5.91 Å². The van der Waals surface area contributed by atoms with E-state index < -0.39 is 17.9 Å². The van der Waals surface area contributed by atoms with Crippen molar-refractivity contribution in [1.82, 2.24) is 0 Å². The summed E-state index contributed by atoms with van der Waals surface area (Å²) in [5.74, 6) is -2.15. The molecule has 0 aromatic heterocycles. The van der Waals surface area contributed by atoms with Crippen LogP contribution in [0.2, 0.25) is 0 Å². The molecule has 0 radical (unpaired) electrons. The Morgan fingerprint density at radius 2 is 1.69 bits per heavy atom. The number of fused-ring (bicyclic) bond motifs is 2. The first kappa shape index (κ1) is 29.0. The summed E-state index contributed by atoms with van der Waals surface area (Å²) < 4.78 is 19.5. The number of Topliss-reactive ketones (excluding diaryl/α,β-unsaturated/α-hetero) is 1. The minimum atomic E-state index is -1.07. The molecular weight excluding hydrogens is 535 g/mol. The quantitative estimate of drug-likeness (QED) is 0.255. The average Bonchev–Trinajstić information content (AvgIpc) is 3.13. The Labute approximate surface area is 245 Å². The minimum absolute atomic E-state index is 0.0666. The first-order valence-electron chi connectivity index (χ1n) is 14.5. The number of aliphatic carboxylic acids is 1. The molecule has 1 heterocycles. The van der Waals surface area contributed by atoms with Gasteiger partial charge in [0.25, 0.3) is 0 Å². The summed E-state index contributed by atoms with van der Waals surface area (Å²) in [5.41, 5.74) is 3.43. The van der Waals surface area contributed by atoms with Crippen LogP contribution in [0.4, 0.5) is 15.8 Å². The number of benzene rings is 3. The molecular formula is C34H35FN2O5. The van der Waals surface area contributed by atoms with E-state index in [9.17, 15) is 23.9 Å². The summed E-state index contributed by atoms with van der Waals surface area (Å²) in [4.78, 5) is 40.9. The van der Waals surface area contributed by atoms with Crippen molar-refractivity contribution in [2.75, 3.05) is 16.8 Å². The van der Waals surface area contributed by atoms with Gasteiger partial charge >= 0.3 is 5.97 Å². The van der Waals surface area contributed by atoms with Gasteiger partial charge in [-0.2, -0.15) is 0 Å². The maximum Gasteiger partial charge on any atom is 0.303 e. The molecule has 0 saturated carbocycles. The fourth-order valence-electron chi connectivity index (χ4n) is 5.80. The van der Waals surface area contributed by atoms with Gasteiger partial charge in [-0.1, -0.05) is 62.2 Å². The van der Waals surface area contributed by atoms with Gasteiger partial charge in [-0.25, -0.2) is 4.39 Å². The number of allylic oxidation sites excluding steroid dienone is 1. The summed E-state index contributed by atoms with van der Waals surface area (Å²) in [6.45, 7) is 2.74. The van der Waals surface area contributed by atoms with E-state index in [-0.39, 0.29) is 42.7 Å². The van der Waals surface area contributed by atoms with E-state index in [2.05, 4.69) is 12.2 Å². The normalized spacial score (nSPS) is 19.6. The molecule has 3 aromatic rings. The second-order valence-corrected chi connectivity index (χ2v) is 10.8. The third-order valence-corrected chi connectivity index (χ3v) is 7.88. The Hall–Kier alpha value is -4.46. The topological polar surface area (TPSA) is 95.9 Å². The monoisotopic (exact) mass is 570 g/mol. The zero-order valence-electron chi connectivity index (χ0n) is 23.6. The van der Waals surface area contributed by atoms with Crippen molar-refractivity contribution >= 4 is 29.0 Å². The molecule has 8 heteroatoms. The van der Waals surface area contributed by atoms with Gasteiger partial charge in [0.1, 0.15) is 17.3 Å². The SMILES string of the molecule is CCCCCOc1ccc([C@@H]2[C@@H]3C(=O)C[C@H](c4ccc(F)cc4)C=C3Nc3ccccc3N2C(=O)CCC(=O)O)cc1. The predicted molar refractivity (Wildman–Crippen MR) is 159 cm³/mol. The van der Waals surface area contributed by atoms with Crippen LogP contribution in [0, 0.1) is 11.7 Å². The number of nitrogens with one attached hydrogen (secondary N) is 1. The van der Waals surface area contributed by atoms with Crippen molar-refractivity contribution in [3.63, 3.8) is 0 Å². The number of carboxylic acids is 1. The molecule has 0 spiro atoms. The number of anilines is 2. The van der Waals surface area contributed by atoms with Crippen molar-refractivity contribution in [1.29, 1.82) is 0 Å². The number of ether oxygens (including phenoxy) is 1. The Kier molecular flexibility index (Phi) is 9.00. The number of para-hydroxylation sites is 2. The number of halogens is 1. The summed E-state index contributed by atoms with van der Waals surface area (Å²) in [6.07, 6.45) is 4.78. The fourth-order valence-corrected chi connectivity index (χ4v) is 5.80. The van der Waals surface area contributed by atoms with Crippen LogP contribution in [0.25, 0.3) is 0 Å². The number of hydrogen-bond donors (Lipinski definition) is 2. The van der Waals surface area contributed by atoms with E-state index in [4.69, 9.17) is 4.74 Å². The number of amides is 1. The van der Waals surface area contributed by atoms with Gasteiger partial charge in [0, 0.05) is 24.5 Å². The molecule has 1 amide bonds. The molecule has 2 aliphatic rings. The summed E-state index contributed by atoms with van der Waals surface area (Å²) >= 11 is 0. The van der Waals surface area contributed by atoms with Crippen LogP contribution < -0.4 is 15.0 Å². The van der Waals surface area contributed by atoms with Gasteiger partial charge in [0.15, 0.2) is 0 Å². The number of carbonyl (C=O) groups excluding carboxylic acids is 2. The van der Waals surface area contributed by atoms with E-state index in [1.54, 1.807) is 23.1 Å². The summed E-state index contributed by atoms with van der Waals surface area (Å²) in [7, 11) is 0. The fraction of sp³-hybridized carbons (Fsp3) is 0.324. The number of nitrogens with zero attached hydrogens (tertiary/aromatic N) is 1. The van der Waals surface area contributed by atoms with Crippen LogP contribution in [0.1, 0.15) is 68.5 Å². The Bertz CT molecular complexity index is 1470. The molecule has 0 saturated heterocycles. The van der Waals surface area contributed by atoms with Crippen molar-refractivity contribution in [3.05, 3.63) is 102 Å². The molecule has 218 valence electrons. The van der Waals surface area contributed by atoms with Crippen molar-refractivity contribution in [3.8, 4) is 5.75 Å². The van der Waals surface area contributed by atoms with E-state index >= 15 is 0 Å². The lowest BCUT2D eigenvalue weighted by atomic mass is 9.76. The van der Waals surface area contributed by atoms with Gasteiger partial charge < -0.3 is 20.1 Å².